The lowest BCUT2D eigenvalue weighted by atomic mass is 10.1. The van der Waals surface area contributed by atoms with Crippen molar-refractivity contribution in [2.45, 2.75) is 19.6 Å². The second-order valence-corrected chi connectivity index (χ2v) is 6.90. The lowest BCUT2D eigenvalue weighted by Crippen LogP contribution is -2.45. The molecule has 4 rings (SSSR count). The molecule has 3 aromatic rings. The van der Waals surface area contributed by atoms with Gasteiger partial charge in [-0.05, 0) is 30.7 Å². The summed E-state index contributed by atoms with van der Waals surface area (Å²) in [4.78, 5) is 12.2. The third kappa shape index (κ3) is 3.36. The highest BCUT2D eigenvalue weighted by molar-refractivity contribution is 6.30. The van der Waals surface area contributed by atoms with Gasteiger partial charge in [0.05, 0.1) is 12.2 Å². The smallest absolute Gasteiger partial charge is 0.269 e. The van der Waals surface area contributed by atoms with E-state index in [-0.39, 0.29) is 12.1 Å². The molecule has 0 spiro atoms. The molecule has 1 aromatic heterocycles. The number of aromatic nitrogens is 2. The minimum Gasteiger partial charge on any atom is -0.347 e. The van der Waals surface area contributed by atoms with Crippen LogP contribution >= 0.6 is 11.6 Å². The number of nitrogens with zero attached hydrogens (tertiary/aromatic N) is 2. The standard InChI is InChI=1S/C20H19ClN4O/c1-13-2-4-14(5-3-13)11-22-19-12-23-20(26)18-10-17(24-25(18)19)15-6-8-16(21)9-7-15/h2-10,19,22H,11-12H2,1H3,(H,23,26)/t19-/m0/s1. The second kappa shape index (κ2) is 6.94. The number of benzene rings is 2. The zero-order valence-corrected chi connectivity index (χ0v) is 15.1. The lowest BCUT2D eigenvalue weighted by molar-refractivity contribution is 0.0900. The summed E-state index contributed by atoms with van der Waals surface area (Å²) in [5, 5.41) is 11.7. The van der Waals surface area contributed by atoms with Gasteiger partial charge in [-0.2, -0.15) is 5.10 Å². The van der Waals surface area contributed by atoms with E-state index < -0.39 is 0 Å². The van der Waals surface area contributed by atoms with Crippen molar-refractivity contribution in [1.29, 1.82) is 0 Å². The maximum Gasteiger partial charge on any atom is 0.269 e. The number of rotatable bonds is 4. The molecule has 0 saturated carbocycles. The van der Waals surface area contributed by atoms with Crippen molar-refractivity contribution in [2.24, 2.45) is 0 Å². The van der Waals surface area contributed by atoms with Crippen LogP contribution in [0.15, 0.2) is 54.6 Å². The number of aryl methyl sites for hydroxylation is 1. The maximum absolute atomic E-state index is 12.2. The van der Waals surface area contributed by atoms with E-state index in [1.54, 1.807) is 4.68 Å². The predicted molar refractivity (Wildman–Crippen MR) is 102 cm³/mol. The third-order valence-electron chi connectivity index (χ3n) is 4.52. The molecule has 2 N–H and O–H groups in total. The molecule has 0 fully saturated rings. The van der Waals surface area contributed by atoms with Crippen LogP contribution in [0.25, 0.3) is 11.3 Å². The van der Waals surface area contributed by atoms with Crippen LogP contribution in [0, 0.1) is 6.92 Å². The van der Waals surface area contributed by atoms with Gasteiger partial charge in [0.2, 0.25) is 0 Å². The number of fused-ring (bicyclic) bond motifs is 1. The lowest BCUT2D eigenvalue weighted by Gasteiger charge is -2.25. The minimum absolute atomic E-state index is 0.0925. The first-order chi connectivity index (χ1) is 12.6. The molecule has 0 aliphatic carbocycles. The summed E-state index contributed by atoms with van der Waals surface area (Å²) in [6, 6.07) is 17.7. The number of carbonyl (C=O) groups excluding carboxylic acids is 1. The van der Waals surface area contributed by atoms with Crippen molar-refractivity contribution in [2.75, 3.05) is 6.54 Å². The zero-order valence-electron chi connectivity index (χ0n) is 14.4. The summed E-state index contributed by atoms with van der Waals surface area (Å²) >= 11 is 5.96. The van der Waals surface area contributed by atoms with Crippen LogP contribution in [0.1, 0.15) is 27.8 Å². The molecule has 2 aromatic carbocycles. The highest BCUT2D eigenvalue weighted by Crippen LogP contribution is 2.24. The Kier molecular flexibility index (Phi) is 4.49. The molecule has 132 valence electrons. The Morgan fingerprint density at radius 3 is 2.65 bits per heavy atom. The fraction of sp³-hybridized carbons (Fsp3) is 0.200. The van der Waals surface area contributed by atoms with Gasteiger partial charge >= 0.3 is 0 Å². The molecular weight excluding hydrogens is 348 g/mol. The monoisotopic (exact) mass is 366 g/mol. The van der Waals surface area contributed by atoms with Crippen molar-refractivity contribution in [3.8, 4) is 11.3 Å². The highest BCUT2D eigenvalue weighted by atomic mass is 35.5. The number of halogens is 1. The van der Waals surface area contributed by atoms with Crippen LogP contribution in [-0.4, -0.2) is 22.2 Å². The van der Waals surface area contributed by atoms with Gasteiger partial charge in [-0.3, -0.25) is 10.1 Å². The van der Waals surface area contributed by atoms with Gasteiger partial charge in [0, 0.05) is 17.1 Å². The van der Waals surface area contributed by atoms with Gasteiger partial charge in [0.25, 0.3) is 5.91 Å². The van der Waals surface area contributed by atoms with E-state index in [9.17, 15) is 4.79 Å². The van der Waals surface area contributed by atoms with Gasteiger partial charge in [0.15, 0.2) is 0 Å². The molecular formula is C20H19ClN4O. The largest absolute Gasteiger partial charge is 0.347 e. The number of hydrogen-bond donors (Lipinski definition) is 2. The highest BCUT2D eigenvalue weighted by Gasteiger charge is 2.27. The normalized spacial score (nSPS) is 16.2. The fourth-order valence-electron chi connectivity index (χ4n) is 3.03. The van der Waals surface area contributed by atoms with Crippen molar-refractivity contribution >= 4 is 17.5 Å². The Morgan fingerprint density at radius 2 is 1.92 bits per heavy atom. The van der Waals surface area contributed by atoms with E-state index in [0.717, 1.165) is 11.3 Å². The van der Waals surface area contributed by atoms with Crippen molar-refractivity contribution in [1.82, 2.24) is 20.4 Å². The number of nitrogens with one attached hydrogen (secondary N) is 2. The summed E-state index contributed by atoms with van der Waals surface area (Å²) in [5.74, 6) is -0.105. The average molecular weight is 367 g/mol. The van der Waals surface area contributed by atoms with Gasteiger partial charge in [-0.1, -0.05) is 53.6 Å². The van der Waals surface area contributed by atoms with E-state index in [4.69, 9.17) is 11.6 Å². The Bertz CT molecular complexity index is 931. The maximum atomic E-state index is 12.2. The van der Waals surface area contributed by atoms with E-state index in [1.807, 2.05) is 30.3 Å². The fourth-order valence-corrected chi connectivity index (χ4v) is 3.16. The molecule has 0 radical (unpaired) electrons. The molecule has 0 saturated heterocycles. The topological polar surface area (TPSA) is 58.9 Å². The van der Waals surface area contributed by atoms with Gasteiger partial charge < -0.3 is 5.32 Å². The first kappa shape index (κ1) is 16.8. The summed E-state index contributed by atoms with van der Waals surface area (Å²) < 4.78 is 1.77. The third-order valence-corrected chi connectivity index (χ3v) is 4.77. The molecule has 0 bridgehead atoms. The Labute approximate surface area is 157 Å². The van der Waals surface area contributed by atoms with Gasteiger partial charge in [-0.25, -0.2) is 4.68 Å². The van der Waals surface area contributed by atoms with E-state index >= 15 is 0 Å². The quantitative estimate of drug-likeness (QED) is 0.742. The van der Waals surface area contributed by atoms with Crippen LogP contribution in [0.5, 0.6) is 0 Å². The Balaban J connectivity index is 1.58. The van der Waals surface area contributed by atoms with Crippen molar-refractivity contribution in [3.05, 3.63) is 76.4 Å². The molecule has 1 amide bonds. The number of carbonyl (C=O) groups is 1. The average Bonchev–Trinajstić information content (AvgIpc) is 3.10. The summed E-state index contributed by atoms with van der Waals surface area (Å²) in [6.45, 7) is 3.28. The zero-order chi connectivity index (χ0) is 18.1. The number of amides is 1. The molecule has 0 unspecified atom stereocenters. The van der Waals surface area contributed by atoms with Gasteiger partial charge in [0.1, 0.15) is 11.9 Å². The van der Waals surface area contributed by atoms with Gasteiger partial charge in [-0.15, -0.1) is 0 Å². The Morgan fingerprint density at radius 1 is 1.19 bits per heavy atom. The second-order valence-electron chi connectivity index (χ2n) is 6.46. The molecule has 1 aliphatic rings. The van der Waals surface area contributed by atoms with Crippen LogP contribution in [-0.2, 0) is 6.54 Å². The minimum atomic E-state index is -0.105. The molecule has 26 heavy (non-hydrogen) atoms. The summed E-state index contributed by atoms with van der Waals surface area (Å²) in [6.07, 6.45) is -0.0925. The summed E-state index contributed by atoms with van der Waals surface area (Å²) in [7, 11) is 0. The molecule has 1 atom stereocenters. The predicted octanol–water partition coefficient (Wildman–Crippen LogP) is 3.54. The van der Waals surface area contributed by atoms with Crippen LogP contribution in [0.3, 0.4) is 0 Å². The summed E-state index contributed by atoms with van der Waals surface area (Å²) in [5.41, 5.74) is 4.68. The molecule has 1 aliphatic heterocycles. The van der Waals surface area contributed by atoms with Crippen LogP contribution < -0.4 is 10.6 Å². The van der Waals surface area contributed by atoms with Crippen LogP contribution in [0.4, 0.5) is 0 Å². The SMILES string of the molecule is Cc1ccc(CN[C@@H]2CNC(=O)c3cc(-c4ccc(Cl)cc4)nn32)cc1. The van der Waals surface area contributed by atoms with E-state index in [0.29, 0.717) is 23.8 Å². The Hall–Kier alpha value is -2.63. The number of hydrogen-bond acceptors (Lipinski definition) is 3. The first-order valence-electron chi connectivity index (χ1n) is 8.53. The molecule has 5 nitrogen and oxygen atoms in total. The first-order valence-corrected chi connectivity index (χ1v) is 8.90. The molecule has 6 heteroatoms. The van der Waals surface area contributed by atoms with Crippen molar-refractivity contribution < 1.29 is 4.79 Å². The van der Waals surface area contributed by atoms with E-state index in [1.165, 1.54) is 11.1 Å². The van der Waals surface area contributed by atoms with Crippen LogP contribution in [0.2, 0.25) is 5.02 Å². The van der Waals surface area contributed by atoms with Crippen molar-refractivity contribution in [3.63, 3.8) is 0 Å². The van der Waals surface area contributed by atoms with E-state index in [2.05, 4.69) is 46.9 Å². The molecule has 2 heterocycles.